The first-order chi connectivity index (χ1) is 6.00. The Morgan fingerprint density at radius 3 is 1.31 bits per heavy atom. The molecule has 0 amide bonds. The van der Waals surface area contributed by atoms with Crippen LogP contribution in [0.15, 0.2) is 6.58 Å². The van der Waals surface area contributed by atoms with Crippen molar-refractivity contribution in [2.24, 2.45) is 0 Å². The molecule has 0 aliphatic rings. The summed E-state index contributed by atoms with van der Waals surface area (Å²) < 4.78 is 62.4. The molecule has 0 aliphatic heterocycles. The molecule has 0 radical (unpaired) electrons. The zero-order valence-electron chi connectivity index (χ0n) is 6.17. The van der Waals surface area contributed by atoms with Gasteiger partial charge in [0.2, 0.25) is 5.82 Å². The minimum atomic E-state index is -2.17. The third-order valence-electron chi connectivity index (χ3n) is 1.45. The van der Waals surface area contributed by atoms with Crippen LogP contribution < -0.4 is 0 Å². The molecular weight excluding hydrogens is 191 g/mol. The number of hydrogen-bond donors (Lipinski definition) is 0. The van der Waals surface area contributed by atoms with Gasteiger partial charge in [-0.3, -0.25) is 0 Å². The van der Waals surface area contributed by atoms with Crippen LogP contribution >= 0.6 is 0 Å². The standard InChI is InChI=1S/C8H3F5/c1-2-3-4(9)6(11)8(13)7(12)5(3)10/h2H,1H2. The Hall–Kier alpha value is -1.39. The van der Waals surface area contributed by atoms with E-state index in [1.54, 1.807) is 0 Å². The molecule has 0 N–H and O–H groups in total. The summed E-state index contributed by atoms with van der Waals surface area (Å²) in [4.78, 5) is 0. The van der Waals surface area contributed by atoms with Crippen molar-refractivity contribution in [1.29, 1.82) is 0 Å². The number of rotatable bonds is 1. The van der Waals surface area contributed by atoms with Gasteiger partial charge in [-0.15, -0.1) is 0 Å². The highest BCUT2D eigenvalue weighted by atomic mass is 19.2. The van der Waals surface area contributed by atoms with Crippen LogP contribution in [0.1, 0.15) is 5.56 Å². The van der Waals surface area contributed by atoms with Crippen LogP contribution in [0.2, 0.25) is 0 Å². The predicted octanol–water partition coefficient (Wildman–Crippen LogP) is 3.03. The van der Waals surface area contributed by atoms with E-state index >= 15 is 0 Å². The number of benzene rings is 1. The maximum atomic E-state index is 12.6. The van der Waals surface area contributed by atoms with Gasteiger partial charge in [-0.25, -0.2) is 22.0 Å². The van der Waals surface area contributed by atoms with Crippen LogP contribution in [-0.4, -0.2) is 0 Å². The highest BCUT2D eigenvalue weighted by Gasteiger charge is 2.23. The fraction of sp³-hybridized carbons (Fsp3) is 0. The lowest BCUT2D eigenvalue weighted by atomic mass is 10.1. The van der Waals surface area contributed by atoms with Gasteiger partial charge in [0, 0.05) is 0 Å². The van der Waals surface area contributed by atoms with Gasteiger partial charge < -0.3 is 0 Å². The first kappa shape index (κ1) is 9.70. The van der Waals surface area contributed by atoms with E-state index < -0.39 is 34.6 Å². The molecule has 1 rings (SSSR count). The van der Waals surface area contributed by atoms with Gasteiger partial charge in [0.15, 0.2) is 23.3 Å². The molecule has 1 aromatic carbocycles. The first-order valence-corrected chi connectivity index (χ1v) is 3.14. The average molecular weight is 194 g/mol. The number of hydrogen-bond acceptors (Lipinski definition) is 0. The number of halogens is 5. The van der Waals surface area contributed by atoms with E-state index in [9.17, 15) is 22.0 Å². The Kier molecular flexibility index (Phi) is 2.36. The van der Waals surface area contributed by atoms with Crippen molar-refractivity contribution in [3.63, 3.8) is 0 Å². The van der Waals surface area contributed by atoms with Gasteiger partial charge in [-0.1, -0.05) is 12.7 Å². The summed E-state index contributed by atoms with van der Waals surface area (Å²) in [5.41, 5.74) is -1.02. The van der Waals surface area contributed by atoms with Crippen molar-refractivity contribution in [2.45, 2.75) is 0 Å². The molecule has 0 aliphatic carbocycles. The minimum absolute atomic E-state index is 0.566. The fourth-order valence-electron chi connectivity index (χ4n) is 0.801. The first-order valence-electron chi connectivity index (χ1n) is 3.14. The molecule has 1 aromatic rings. The van der Waals surface area contributed by atoms with Crippen LogP contribution in [0.3, 0.4) is 0 Å². The second-order valence-corrected chi connectivity index (χ2v) is 2.19. The predicted molar refractivity (Wildman–Crippen MR) is 36.3 cm³/mol. The molecule has 0 atom stereocenters. The van der Waals surface area contributed by atoms with Gasteiger partial charge >= 0.3 is 0 Å². The van der Waals surface area contributed by atoms with Crippen molar-refractivity contribution in [3.8, 4) is 0 Å². The van der Waals surface area contributed by atoms with Gasteiger partial charge in [0.05, 0.1) is 5.56 Å². The van der Waals surface area contributed by atoms with Crippen LogP contribution in [-0.2, 0) is 0 Å². The molecule has 0 spiro atoms. The molecule has 0 fully saturated rings. The Morgan fingerprint density at radius 1 is 0.692 bits per heavy atom. The van der Waals surface area contributed by atoms with E-state index in [1.165, 1.54) is 0 Å². The fourth-order valence-corrected chi connectivity index (χ4v) is 0.801. The molecule has 0 nitrogen and oxygen atoms in total. The molecule has 0 aromatic heterocycles. The highest BCUT2D eigenvalue weighted by Crippen LogP contribution is 2.23. The Labute approximate surface area is 70.3 Å². The minimum Gasteiger partial charge on any atom is -0.203 e. The van der Waals surface area contributed by atoms with E-state index in [2.05, 4.69) is 6.58 Å². The van der Waals surface area contributed by atoms with Crippen LogP contribution in [0.5, 0.6) is 0 Å². The Morgan fingerprint density at radius 2 is 1.00 bits per heavy atom. The van der Waals surface area contributed by atoms with E-state index in [-0.39, 0.29) is 0 Å². The lowest BCUT2D eigenvalue weighted by molar-refractivity contribution is 0.377. The molecule has 5 heteroatoms. The summed E-state index contributed by atoms with van der Waals surface area (Å²) in [6.07, 6.45) is 0.566. The lowest BCUT2D eigenvalue weighted by Crippen LogP contribution is -2.03. The van der Waals surface area contributed by atoms with E-state index in [4.69, 9.17) is 0 Å². The van der Waals surface area contributed by atoms with Gasteiger partial charge in [0.25, 0.3) is 0 Å². The van der Waals surface area contributed by atoms with Crippen molar-refractivity contribution >= 4 is 6.08 Å². The topological polar surface area (TPSA) is 0 Å². The highest BCUT2D eigenvalue weighted by molar-refractivity contribution is 5.49. The Bertz CT molecular complexity index is 340. The molecule has 0 bridgehead atoms. The summed E-state index contributed by atoms with van der Waals surface area (Å²) in [5, 5.41) is 0. The summed E-state index contributed by atoms with van der Waals surface area (Å²) >= 11 is 0. The Balaban J connectivity index is 3.66. The third-order valence-corrected chi connectivity index (χ3v) is 1.45. The second kappa shape index (κ2) is 3.16. The normalized spacial score (nSPS) is 10.2. The largest absolute Gasteiger partial charge is 0.203 e. The maximum absolute atomic E-state index is 12.6. The average Bonchev–Trinajstić information content (AvgIpc) is 2.13. The SMILES string of the molecule is C=Cc1c(F)c(F)c(F)c(F)c1F. The molecule has 70 valence electrons. The van der Waals surface area contributed by atoms with Crippen molar-refractivity contribution < 1.29 is 22.0 Å². The third kappa shape index (κ3) is 1.30. The van der Waals surface area contributed by atoms with Crippen molar-refractivity contribution in [3.05, 3.63) is 41.2 Å². The molecule has 0 heterocycles. The maximum Gasteiger partial charge on any atom is 0.200 e. The summed E-state index contributed by atoms with van der Waals surface area (Å²) in [6.45, 7) is 2.93. The molecule has 13 heavy (non-hydrogen) atoms. The van der Waals surface area contributed by atoms with Crippen LogP contribution in [0, 0.1) is 29.1 Å². The van der Waals surface area contributed by atoms with E-state index in [0.29, 0.717) is 6.08 Å². The van der Waals surface area contributed by atoms with Crippen LogP contribution in [0.25, 0.3) is 6.08 Å². The van der Waals surface area contributed by atoms with Gasteiger partial charge in [-0.05, 0) is 0 Å². The summed E-state index contributed by atoms with van der Waals surface area (Å²) in [6, 6.07) is 0. The van der Waals surface area contributed by atoms with E-state index in [0.717, 1.165) is 0 Å². The van der Waals surface area contributed by atoms with E-state index in [1.807, 2.05) is 0 Å². The monoisotopic (exact) mass is 194 g/mol. The second-order valence-electron chi connectivity index (χ2n) is 2.19. The van der Waals surface area contributed by atoms with Gasteiger partial charge in [-0.2, -0.15) is 0 Å². The zero-order valence-corrected chi connectivity index (χ0v) is 6.17. The molecular formula is C8H3F5. The lowest BCUT2D eigenvalue weighted by Gasteiger charge is -2.02. The summed E-state index contributed by atoms with van der Waals surface area (Å²) in [7, 11) is 0. The van der Waals surface area contributed by atoms with Gasteiger partial charge in [0.1, 0.15) is 0 Å². The van der Waals surface area contributed by atoms with Crippen molar-refractivity contribution in [2.75, 3.05) is 0 Å². The molecule has 0 saturated heterocycles. The quantitative estimate of drug-likeness (QED) is 0.366. The van der Waals surface area contributed by atoms with Crippen molar-refractivity contribution in [1.82, 2.24) is 0 Å². The zero-order chi connectivity index (χ0) is 10.2. The smallest absolute Gasteiger partial charge is 0.200 e. The molecule has 0 unspecified atom stereocenters. The van der Waals surface area contributed by atoms with Crippen LogP contribution in [0.4, 0.5) is 22.0 Å². The molecule has 0 saturated carbocycles. The summed E-state index contributed by atoms with van der Waals surface area (Å²) in [5.74, 6) is -9.83.